The molecule has 0 spiro atoms. The number of nitrogens with one attached hydrogen (secondary N) is 1. The van der Waals surface area contributed by atoms with E-state index in [1.54, 1.807) is 7.11 Å². The molecule has 2 N–H and O–H groups in total. The summed E-state index contributed by atoms with van der Waals surface area (Å²) >= 11 is 0. The minimum absolute atomic E-state index is 0.0177. The maximum atomic E-state index is 12.3. The number of hydrogen-bond acceptors (Lipinski definition) is 4. The van der Waals surface area contributed by atoms with Crippen LogP contribution in [0.1, 0.15) is 61.1 Å². The summed E-state index contributed by atoms with van der Waals surface area (Å²) in [5.41, 5.74) is 2.86. The van der Waals surface area contributed by atoms with Crippen molar-refractivity contribution in [3.63, 3.8) is 0 Å². The third-order valence-electron chi connectivity index (χ3n) is 6.81. The number of ether oxygens (including phenoxy) is 2. The van der Waals surface area contributed by atoms with E-state index in [4.69, 9.17) is 9.47 Å². The molecule has 1 fully saturated rings. The van der Waals surface area contributed by atoms with Gasteiger partial charge in [0.1, 0.15) is 11.5 Å². The molecule has 1 atom stereocenters. The Labute approximate surface area is 206 Å². The molecule has 0 aromatic heterocycles. The molecule has 1 saturated carbocycles. The van der Waals surface area contributed by atoms with Crippen LogP contribution >= 0.6 is 0 Å². The predicted octanol–water partition coefficient (Wildman–Crippen LogP) is 5.59. The first-order chi connectivity index (χ1) is 16.9. The Hall–Kier alpha value is -3.54. The zero-order valence-corrected chi connectivity index (χ0v) is 20.4. The van der Waals surface area contributed by atoms with Gasteiger partial charge in [0.15, 0.2) is 6.61 Å². The number of carbonyl (C=O) groups is 2. The molecule has 1 amide bonds. The normalized spacial score (nSPS) is 14.9. The second-order valence-corrected chi connectivity index (χ2v) is 9.33. The average Bonchev–Trinajstić information content (AvgIpc) is 2.86. The van der Waals surface area contributed by atoms with Crippen LogP contribution in [-0.2, 0) is 9.59 Å². The number of aliphatic carboxylic acids is 1. The van der Waals surface area contributed by atoms with Crippen LogP contribution in [0.25, 0.3) is 10.8 Å². The number of hydrogen-bond donors (Lipinski definition) is 2. The predicted molar refractivity (Wildman–Crippen MR) is 136 cm³/mol. The summed E-state index contributed by atoms with van der Waals surface area (Å²) in [6.07, 6.45) is 5.63. The van der Waals surface area contributed by atoms with Crippen molar-refractivity contribution >= 4 is 22.6 Å². The summed E-state index contributed by atoms with van der Waals surface area (Å²) in [6.45, 7) is 1.95. The molecule has 0 radical (unpaired) electrons. The monoisotopic (exact) mass is 475 g/mol. The average molecular weight is 476 g/mol. The SMILES string of the molecule is COc1ccc(C(CC(=O)O)c2ccc3ccc(OCC(=O)NC4CCCCC4)cc3c2)c(C)c1. The van der Waals surface area contributed by atoms with Crippen LogP contribution in [0.4, 0.5) is 0 Å². The highest BCUT2D eigenvalue weighted by Gasteiger charge is 2.21. The van der Waals surface area contributed by atoms with Gasteiger partial charge in [0.05, 0.1) is 13.5 Å². The van der Waals surface area contributed by atoms with Crippen LogP contribution in [0.3, 0.4) is 0 Å². The lowest BCUT2D eigenvalue weighted by Crippen LogP contribution is -2.38. The lowest BCUT2D eigenvalue weighted by atomic mass is 9.85. The number of aryl methyl sites for hydroxylation is 1. The fraction of sp³-hybridized carbons (Fsp3) is 0.379. The van der Waals surface area contributed by atoms with E-state index in [-0.39, 0.29) is 30.9 Å². The summed E-state index contributed by atoms with van der Waals surface area (Å²) < 4.78 is 11.1. The Bertz CT molecular complexity index is 1200. The molecular formula is C29H33NO5. The van der Waals surface area contributed by atoms with Gasteiger partial charge in [-0.15, -0.1) is 0 Å². The first kappa shape index (κ1) is 24.6. The van der Waals surface area contributed by atoms with Gasteiger partial charge in [0.25, 0.3) is 5.91 Å². The number of carboxylic acid groups (broad SMARTS) is 1. The largest absolute Gasteiger partial charge is 0.497 e. The third-order valence-corrected chi connectivity index (χ3v) is 6.81. The highest BCUT2D eigenvalue weighted by atomic mass is 16.5. The van der Waals surface area contributed by atoms with Crippen molar-refractivity contribution in [2.75, 3.05) is 13.7 Å². The van der Waals surface area contributed by atoms with Gasteiger partial charge < -0.3 is 19.9 Å². The van der Waals surface area contributed by atoms with Crippen molar-refractivity contribution in [2.45, 2.75) is 57.4 Å². The standard InChI is InChI=1S/C29H33NO5/c1-19-14-24(34-2)12-13-26(19)27(17-29(32)33)21-9-8-20-10-11-25(16-22(20)15-21)35-18-28(31)30-23-6-4-3-5-7-23/h8-16,23,27H,3-7,17-18H2,1-2H3,(H,30,31)(H,32,33). The van der Waals surface area contributed by atoms with Crippen LogP contribution in [0.2, 0.25) is 0 Å². The van der Waals surface area contributed by atoms with Crippen molar-refractivity contribution < 1.29 is 24.2 Å². The van der Waals surface area contributed by atoms with Gasteiger partial charge in [-0.3, -0.25) is 9.59 Å². The molecule has 0 saturated heterocycles. The highest BCUT2D eigenvalue weighted by molar-refractivity contribution is 5.85. The number of rotatable bonds is 9. The Balaban J connectivity index is 1.53. The van der Waals surface area contributed by atoms with Crippen LogP contribution in [0.15, 0.2) is 54.6 Å². The first-order valence-corrected chi connectivity index (χ1v) is 12.2. The van der Waals surface area contributed by atoms with E-state index in [1.807, 2.05) is 61.5 Å². The molecule has 184 valence electrons. The number of amides is 1. The van der Waals surface area contributed by atoms with Crippen LogP contribution in [0.5, 0.6) is 11.5 Å². The summed E-state index contributed by atoms with van der Waals surface area (Å²) in [6, 6.07) is 17.7. The van der Waals surface area contributed by atoms with E-state index in [0.717, 1.165) is 58.9 Å². The van der Waals surface area contributed by atoms with Gasteiger partial charge in [0.2, 0.25) is 0 Å². The lowest BCUT2D eigenvalue weighted by molar-refractivity contribution is -0.137. The molecule has 3 aromatic carbocycles. The minimum Gasteiger partial charge on any atom is -0.497 e. The van der Waals surface area contributed by atoms with Gasteiger partial charge in [-0.1, -0.05) is 49.6 Å². The van der Waals surface area contributed by atoms with Crippen molar-refractivity contribution in [1.29, 1.82) is 0 Å². The van der Waals surface area contributed by atoms with Crippen LogP contribution in [-0.4, -0.2) is 36.7 Å². The number of benzene rings is 3. The third kappa shape index (κ3) is 6.32. The first-order valence-electron chi connectivity index (χ1n) is 12.2. The van der Waals surface area contributed by atoms with Gasteiger partial charge in [-0.05, 0) is 71.5 Å². The van der Waals surface area contributed by atoms with E-state index >= 15 is 0 Å². The molecule has 3 aromatic rings. The zero-order chi connectivity index (χ0) is 24.8. The number of fused-ring (bicyclic) bond motifs is 1. The van der Waals surface area contributed by atoms with Gasteiger partial charge >= 0.3 is 5.97 Å². The second kappa shape index (κ2) is 11.3. The van der Waals surface area contributed by atoms with Crippen molar-refractivity contribution in [2.24, 2.45) is 0 Å². The highest BCUT2D eigenvalue weighted by Crippen LogP contribution is 2.34. The maximum absolute atomic E-state index is 12.3. The molecule has 6 nitrogen and oxygen atoms in total. The summed E-state index contributed by atoms with van der Waals surface area (Å²) in [4.78, 5) is 24.0. The molecule has 1 unspecified atom stereocenters. The fourth-order valence-corrected chi connectivity index (χ4v) is 4.96. The van der Waals surface area contributed by atoms with E-state index in [0.29, 0.717) is 5.75 Å². The van der Waals surface area contributed by atoms with E-state index in [1.165, 1.54) is 6.42 Å². The van der Waals surface area contributed by atoms with Crippen LogP contribution < -0.4 is 14.8 Å². The van der Waals surface area contributed by atoms with E-state index in [9.17, 15) is 14.7 Å². The maximum Gasteiger partial charge on any atom is 0.304 e. The molecule has 35 heavy (non-hydrogen) atoms. The Morgan fingerprint density at radius 3 is 2.43 bits per heavy atom. The van der Waals surface area contributed by atoms with Crippen LogP contribution in [0, 0.1) is 6.92 Å². The smallest absolute Gasteiger partial charge is 0.304 e. The van der Waals surface area contributed by atoms with Crippen molar-refractivity contribution in [3.8, 4) is 11.5 Å². The summed E-state index contributed by atoms with van der Waals surface area (Å²) in [7, 11) is 1.62. The van der Waals surface area contributed by atoms with Gasteiger partial charge in [-0.25, -0.2) is 0 Å². The number of methoxy groups -OCH3 is 1. The molecule has 0 bridgehead atoms. The quantitative estimate of drug-likeness (QED) is 0.421. The Morgan fingerprint density at radius 1 is 0.971 bits per heavy atom. The molecule has 6 heteroatoms. The second-order valence-electron chi connectivity index (χ2n) is 9.33. The molecule has 0 aliphatic heterocycles. The molecule has 0 heterocycles. The Kier molecular flexibility index (Phi) is 7.91. The molecule has 4 rings (SSSR count). The number of carboxylic acids is 1. The minimum atomic E-state index is -0.855. The van der Waals surface area contributed by atoms with Gasteiger partial charge in [0, 0.05) is 12.0 Å². The molecule has 1 aliphatic carbocycles. The van der Waals surface area contributed by atoms with Crippen molar-refractivity contribution in [1.82, 2.24) is 5.32 Å². The van der Waals surface area contributed by atoms with E-state index in [2.05, 4.69) is 5.32 Å². The lowest BCUT2D eigenvalue weighted by Gasteiger charge is -2.22. The summed E-state index contributed by atoms with van der Waals surface area (Å²) in [5.74, 6) is 0.110. The van der Waals surface area contributed by atoms with Crippen molar-refractivity contribution in [3.05, 3.63) is 71.3 Å². The Morgan fingerprint density at radius 2 is 1.71 bits per heavy atom. The molecule has 1 aliphatic rings. The fourth-order valence-electron chi connectivity index (χ4n) is 4.96. The molecular weight excluding hydrogens is 442 g/mol. The zero-order valence-electron chi connectivity index (χ0n) is 20.4. The number of carbonyl (C=O) groups excluding carboxylic acids is 1. The summed E-state index contributed by atoms with van der Waals surface area (Å²) in [5, 5.41) is 14.6. The van der Waals surface area contributed by atoms with E-state index < -0.39 is 5.97 Å². The van der Waals surface area contributed by atoms with Gasteiger partial charge in [-0.2, -0.15) is 0 Å². The topological polar surface area (TPSA) is 84.9 Å².